The SMILES string of the molecule is CC(C)n1nnc(-c2cnn(-c3ccccc3Br)c2SCc2ccccc2)n1. The zero-order chi connectivity index (χ0) is 19.5. The first-order chi connectivity index (χ1) is 13.6. The van der Waals surface area contributed by atoms with Crippen LogP contribution in [0.2, 0.25) is 0 Å². The van der Waals surface area contributed by atoms with Crippen molar-refractivity contribution >= 4 is 27.7 Å². The zero-order valence-corrected chi connectivity index (χ0v) is 17.9. The molecule has 0 aliphatic heterocycles. The summed E-state index contributed by atoms with van der Waals surface area (Å²) in [5, 5.41) is 18.6. The van der Waals surface area contributed by atoms with Crippen molar-refractivity contribution in [1.29, 1.82) is 0 Å². The zero-order valence-electron chi connectivity index (χ0n) is 15.5. The first-order valence-electron chi connectivity index (χ1n) is 8.93. The molecular weight excluding hydrogens is 436 g/mol. The summed E-state index contributed by atoms with van der Waals surface area (Å²) < 4.78 is 2.91. The molecule has 2 heterocycles. The maximum atomic E-state index is 4.64. The molecule has 0 saturated carbocycles. The Balaban J connectivity index is 1.76. The summed E-state index contributed by atoms with van der Waals surface area (Å²) in [5.41, 5.74) is 3.10. The van der Waals surface area contributed by atoms with Crippen LogP contribution >= 0.6 is 27.7 Å². The van der Waals surface area contributed by atoms with Crippen molar-refractivity contribution in [2.75, 3.05) is 0 Å². The normalized spacial score (nSPS) is 11.3. The summed E-state index contributed by atoms with van der Waals surface area (Å²) in [5.74, 6) is 1.41. The van der Waals surface area contributed by atoms with E-state index in [9.17, 15) is 0 Å². The monoisotopic (exact) mass is 454 g/mol. The van der Waals surface area contributed by atoms with Gasteiger partial charge >= 0.3 is 0 Å². The summed E-state index contributed by atoms with van der Waals surface area (Å²) in [6.07, 6.45) is 1.81. The van der Waals surface area contributed by atoms with E-state index in [4.69, 9.17) is 0 Å². The highest BCUT2D eigenvalue weighted by molar-refractivity contribution is 9.10. The van der Waals surface area contributed by atoms with Gasteiger partial charge in [-0.05, 0) is 52.7 Å². The Labute approximate surface area is 176 Å². The molecule has 0 aliphatic rings. The van der Waals surface area contributed by atoms with Gasteiger partial charge in [0.15, 0.2) is 0 Å². The Bertz CT molecular complexity index is 1070. The van der Waals surface area contributed by atoms with Crippen LogP contribution in [0.25, 0.3) is 17.1 Å². The second kappa shape index (κ2) is 8.28. The number of nitrogens with zero attached hydrogens (tertiary/aromatic N) is 6. The van der Waals surface area contributed by atoms with Crippen LogP contribution in [0.4, 0.5) is 0 Å². The largest absolute Gasteiger partial charge is 0.225 e. The van der Waals surface area contributed by atoms with E-state index in [1.807, 2.05) is 55.1 Å². The second-order valence-corrected chi connectivity index (χ2v) is 8.35. The van der Waals surface area contributed by atoms with Crippen LogP contribution in [0.3, 0.4) is 0 Å². The molecule has 4 rings (SSSR count). The lowest BCUT2D eigenvalue weighted by molar-refractivity contribution is 0.455. The van der Waals surface area contributed by atoms with Crippen LogP contribution in [-0.4, -0.2) is 30.0 Å². The standard InChI is InChI=1S/C20H19BrN6S/c1-14(2)27-24-19(23-25-27)16-12-22-26(18-11-7-6-10-17(18)21)20(16)28-13-15-8-4-3-5-9-15/h3-12,14H,13H2,1-2H3. The van der Waals surface area contributed by atoms with Gasteiger partial charge in [-0.1, -0.05) is 42.5 Å². The number of hydrogen-bond acceptors (Lipinski definition) is 5. The third kappa shape index (κ3) is 3.88. The van der Waals surface area contributed by atoms with Gasteiger partial charge in [0, 0.05) is 10.2 Å². The predicted molar refractivity (Wildman–Crippen MR) is 114 cm³/mol. The van der Waals surface area contributed by atoms with Crippen LogP contribution in [0.1, 0.15) is 25.5 Å². The van der Waals surface area contributed by atoms with Crippen molar-refractivity contribution in [2.24, 2.45) is 0 Å². The number of thioether (sulfide) groups is 1. The summed E-state index contributed by atoms with van der Waals surface area (Å²) in [7, 11) is 0. The highest BCUT2D eigenvalue weighted by atomic mass is 79.9. The van der Waals surface area contributed by atoms with E-state index in [1.165, 1.54) is 5.56 Å². The maximum Gasteiger partial charge on any atom is 0.209 e. The number of aromatic nitrogens is 6. The topological polar surface area (TPSA) is 61.4 Å². The number of hydrogen-bond donors (Lipinski definition) is 0. The summed E-state index contributed by atoms with van der Waals surface area (Å²) in [6.45, 7) is 4.06. The van der Waals surface area contributed by atoms with Crippen LogP contribution < -0.4 is 0 Å². The Morgan fingerprint density at radius 2 is 1.79 bits per heavy atom. The molecular formula is C20H19BrN6S. The van der Waals surface area contributed by atoms with Crippen molar-refractivity contribution in [1.82, 2.24) is 30.0 Å². The van der Waals surface area contributed by atoms with E-state index in [2.05, 4.69) is 60.7 Å². The molecule has 0 radical (unpaired) electrons. The highest BCUT2D eigenvalue weighted by Gasteiger charge is 2.20. The van der Waals surface area contributed by atoms with Gasteiger partial charge in [-0.2, -0.15) is 9.90 Å². The number of benzene rings is 2. The average molecular weight is 455 g/mol. The molecule has 8 heteroatoms. The van der Waals surface area contributed by atoms with Crippen molar-refractivity contribution in [3.8, 4) is 17.1 Å². The van der Waals surface area contributed by atoms with E-state index in [-0.39, 0.29) is 6.04 Å². The minimum Gasteiger partial charge on any atom is -0.225 e. The van der Waals surface area contributed by atoms with Gasteiger partial charge in [-0.3, -0.25) is 0 Å². The molecule has 0 bridgehead atoms. The number of para-hydroxylation sites is 1. The molecule has 142 valence electrons. The molecule has 0 spiro atoms. The molecule has 28 heavy (non-hydrogen) atoms. The smallest absolute Gasteiger partial charge is 0.209 e. The fourth-order valence-electron chi connectivity index (χ4n) is 2.70. The van der Waals surface area contributed by atoms with Crippen LogP contribution in [-0.2, 0) is 5.75 Å². The average Bonchev–Trinajstić information content (AvgIpc) is 3.35. The van der Waals surface area contributed by atoms with Crippen molar-refractivity contribution in [2.45, 2.75) is 30.7 Å². The first-order valence-corrected chi connectivity index (χ1v) is 10.7. The van der Waals surface area contributed by atoms with Crippen molar-refractivity contribution in [3.63, 3.8) is 0 Å². The van der Waals surface area contributed by atoms with Crippen molar-refractivity contribution < 1.29 is 0 Å². The molecule has 0 aliphatic carbocycles. The number of rotatable bonds is 6. The fraction of sp³-hybridized carbons (Fsp3) is 0.200. The van der Waals surface area contributed by atoms with E-state index >= 15 is 0 Å². The van der Waals surface area contributed by atoms with Gasteiger partial charge in [0.2, 0.25) is 5.82 Å². The lowest BCUT2D eigenvalue weighted by Crippen LogP contribution is -2.04. The van der Waals surface area contributed by atoms with Gasteiger partial charge in [-0.25, -0.2) is 4.68 Å². The molecule has 2 aromatic heterocycles. The van der Waals surface area contributed by atoms with E-state index < -0.39 is 0 Å². The quantitative estimate of drug-likeness (QED) is 0.376. The molecule has 2 aromatic carbocycles. The number of halogens is 1. The van der Waals surface area contributed by atoms with Gasteiger partial charge < -0.3 is 0 Å². The van der Waals surface area contributed by atoms with Gasteiger partial charge in [-0.15, -0.1) is 22.0 Å². The summed E-state index contributed by atoms with van der Waals surface area (Å²) in [6, 6.07) is 18.6. The lowest BCUT2D eigenvalue weighted by Gasteiger charge is -2.10. The predicted octanol–water partition coefficient (Wildman–Crippen LogP) is 5.16. The van der Waals surface area contributed by atoms with Gasteiger partial charge in [0.1, 0.15) is 5.03 Å². The minimum absolute atomic E-state index is 0.153. The lowest BCUT2D eigenvalue weighted by atomic mass is 10.2. The summed E-state index contributed by atoms with van der Waals surface area (Å²) in [4.78, 5) is 1.62. The van der Waals surface area contributed by atoms with E-state index in [0.717, 1.165) is 26.5 Å². The third-order valence-corrected chi connectivity index (χ3v) is 5.97. The molecule has 0 N–H and O–H groups in total. The Kier molecular flexibility index (Phi) is 5.59. The molecule has 0 saturated heterocycles. The van der Waals surface area contributed by atoms with E-state index in [0.29, 0.717) is 5.82 Å². The number of tetrazole rings is 1. The molecule has 4 aromatic rings. The molecule has 0 unspecified atom stereocenters. The highest BCUT2D eigenvalue weighted by Crippen LogP contribution is 2.35. The van der Waals surface area contributed by atoms with E-state index in [1.54, 1.807) is 16.6 Å². The van der Waals surface area contributed by atoms with Gasteiger partial charge in [0.05, 0.1) is 23.5 Å². The van der Waals surface area contributed by atoms with Crippen LogP contribution in [0, 0.1) is 0 Å². The van der Waals surface area contributed by atoms with Crippen LogP contribution in [0.15, 0.2) is 70.3 Å². The summed E-state index contributed by atoms with van der Waals surface area (Å²) >= 11 is 5.35. The maximum absolute atomic E-state index is 4.64. The molecule has 0 atom stereocenters. The molecule has 6 nitrogen and oxygen atoms in total. The molecule has 0 amide bonds. The fourth-order valence-corrected chi connectivity index (χ4v) is 4.22. The third-order valence-electron chi connectivity index (χ3n) is 4.16. The van der Waals surface area contributed by atoms with Crippen molar-refractivity contribution in [3.05, 3.63) is 70.8 Å². The Hall–Kier alpha value is -2.45. The Morgan fingerprint density at radius 1 is 1.04 bits per heavy atom. The molecule has 0 fully saturated rings. The second-order valence-electron chi connectivity index (χ2n) is 6.53. The Morgan fingerprint density at radius 3 is 2.50 bits per heavy atom. The van der Waals surface area contributed by atoms with Gasteiger partial charge in [0.25, 0.3) is 0 Å². The first kappa shape index (κ1) is 18.9. The van der Waals surface area contributed by atoms with Crippen LogP contribution in [0.5, 0.6) is 0 Å². The minimum atomic E-state index is 0.153.